The maximum atomic E-state index is 4.54. The molecule has 0 aliphatic heterocycles. The van der Waals surface area contributed by atoms with Gasteiger partial charge in [-0.2, -0.15) is 5.10 Å². The van der Waals surface area contributed by atoms with Crippen molar-refractivity contribution in [1.29, 1.82) is 0 Å². The van der Waals surface area contributed by atoms with Crippen LogP contribution < -0.4 is 0 Å². The highest BCUT2D eigenvalue weighted by atomic mass is 15.2. The Bertz CT molecular complexity index is 743. The third-order valence-corrected chi connectivity index (χ3v) is 3.95. The first-order valence-electron chi connectivity index (χ1n) is 6.82. The van der Waals surface area contributed by atoms with Gasteiger partial charge in [0, 0.05) is 24.3 Å². The number of pyridine rings is 2. The van der Waals surface area contributed by atoms with Crippen LogP contribution in [0.2, 0.25) is 0 Å². The molecule has 0 amide bonds. The smallest absolute Gasteiger partial charge is 0.0667 e. The molecule has 19 heavy (non-hydrogen) atoms. The minimum atomic E-state index is 1.12. The summed E-state index contributed by atoms with van der Waals surface area (Å²) >= 11 is 0. The summed E-state index contributed by atoms with van der Waals surface area (Å²) in [5.41, 5.74) is 6.48. The summed E-state index contributed by atoms with van der Waals surface area (Å²) in [4.78, 5) is 4.54. The van der Waals surface area contributed by atoms with Crippen LogP contribution in [0.3, 0.4) is 0 Å². The van der Waals surface area contributed by atoms with Crippen LogP contribution in [0.1, 0.15) is 24.1 Å². The average Bonchev–Trinajstić information content (AvgIpc) is 2.94. The van der Waals surface area contributed by atoms with Crippen LogP contribution in [0, 0.1) is 0 Å². The second kappa shape index (κ2) is 4.19. The normalized spacial score (nSPS) is 14.5. The zero-order chi connectivity index (χ0) is 12.7. The Balaban J connectivity index is 1.91. The highest BCUT2D eigenvalue weighted by Gasteiger charge is 2.15. The first kappa shape index (κ1) is 10.7. The maximum Gasteiger partial charge on any atom is 0.0667 e. The van der Waals surface area contributed by atoms with E-state index in [1.54, 1.807) is 0 Å². The van der Waals surface area contributed by atoms with Crippen molar-refractivity contribution in [3.8, 4) is 11.1 Å². The molecule has 0 N–H and O–H groups in total. The van der Waals surface area contributed by atoms with E-state index in [1.165, 1.54) is 35.2 Å². The van der Waals surface area contributed by atoms with Crippen LogP contribution in [0.25, 0.3) is 16.6 Å². The predicted molar refractivity (Wildman–Crippen MR) is 75.1 cm³/mol. The van der Waals surface area contributed by atoms with E-state index in [0.29, 0.717) is 0 Å². The molecule has 94 valence electrons. The van der Waals surface area contributed by atoms with Crippen molar-refractivity contribution in [2.75, 3.05) is 0 Å². The lowest BCUT2D eigenvalue weighted by atomic mass is 9.90. The molecule has 1 aliphatic carbocycles. The zero-order valence-corrected chi connectivity index (χ0v) is 10.7. The second-order valence-corrected chi connectivity index (χ2v) is 5.11. The van der Waals surface area contributed by atoms with Gasteiger partial charge in [-0.1, -0.05) is 0 Å². The van der Waals surface area contributed by atoms with Crippen molar-refractivity contribution >= 4 is 5.52 Å². The fourth-order valence-electron chi connectivity index (χ4n) is 2.98. The summed E-state index contributed by atoms with van der Waals surface area (Å²) in [7, 11) is 0. The molecule has 3 aromatic heterocycles. The minimum absolute atomic E-state index is 1.12. The van der Waals surface area contributed by atoms with Gasteiger partial charge in [-0.05, 0) is 66.6 Å². The Labute approximate surface area is 111 Å². The average molecular weight is 249 g/mol. The van der Waals surface area contributed by atoms with E-state index in [1.807, 2.05) is 29.2 Å². The van der Waals surface area contributed by atoms with Crippen molar-refractivity contribution in [2.24, 2.45) is 0 Å². The fraction of sp³-hybridized carbons (Fsp3) is 0.250. The Kier molecular flexibility index (Phi) is 2.37. The first-order valence-corrected chi connectivity index (χ1v) is 6.82. The molecule has 3 heterocycles. The molecule has 3 aromatic rings. The minimum Gasteiger partial charge on any atom is -0.261 e. The highest BCUT2D eigenvalue weighted by molar-refractivity contribution is 5.72. The summed E-state index contributed by atoms with van der Waals surface area (Å²) in [6, 6.07) is 8.53. The van der Waals surface area contributed by atoms with Crippen LogP contribution in [-0.2, 0) is 12.8 Å². The molecule has 0 spiro atoms. The van der Waals surface area contributed by atoms with Crippen LogP contribution in [-0.4, -0.2) is 14.6 Å². The Morgan fingerprint density at radius 1 is 1.00 bits per heavy atom. The lowest BCUT2D eigenvalue weighted by Crippen LogP contribution is -2.06. The van der Waals surface area contributed by atoms with E-state index in [0.717, 1.165) is 18.4 Å². The van der Waals surface area contributed by atoms with Gasteiger partial charge >= 0.3 is 0 Å². The zero-order valence-electron chi connectivity index (χ0n) is 10.7. The molecule has 3 nitrogen and oxygen atoms in total. The van der Waals surface area contributed by atoms with Crippen LogP contribution >= 0.6 is 0 Å². The number of rotatable bonds is 1. The predicted octanol–water partition coefficient (Wildman–Crippen LogP) is 3.28. The van der Waals surface area contributed by atoms with Crippen LogP contribution in [0.5, 0.6) is 0 Å². The Hall–Kier alpha value is -2.16. The number of fused-ring (bicyclic) bond motifs is 2. The van der Waals surface area contributed by atoms with Crippen molar-refractivity contribution in [3.63, 3.8) is 0 Å². The van der Waals surface area contributed by atoms with Gasteiger partial charge in [0.15, 0.2) is 0 Å². The molecule has 0 unspecified atom stereocenters. The van der Waals surface area contributed by atoms with Gasteiger partial charge in [-0.25, -0.2) is 4.52 Å². The van der Waals surface area contributed by atoms with Crippen molar-refractivity contribution in [1.82, 2.24) is 14.6 Å². The SMILES string of the molecule is c1cc(-c2ccn3nccc3c2)c2c(n1)CCCC2. The fourth-order valence-corrected chi connectivity index (χ4v) is 2.98. The molecule has 0 saturated carbocycles. The molecule has 0 saturated heterocycles. The standard InChI is InChI=1S/C16H15N3/c1-2-4-16-15(3-1)14(6-8-17-16)12-7-10-19-13(11-12)5-9-18-19/h5-11H,1-4H2. The van der Waals surface area contributed by atoms with Gasteiger partial charge < -0.3 is 0 Å². The van der Waals surface area contributed by atoms with Gasteiger partial charge in [0.2, 0.25) is 0 Å². The molecule has 0 fully saturated rings. The summed E-state index contributed by atoms with van der Waals surface area (Å²) in [5, 5.41) is 4.25. The summed E-state index contributed by atoms with van der Waals surface area (Å²) in [5.74, 6) is 0. The largest absolute Gasteiger partial charge is 0.261 e. The molecule has 0 radical (unpaired) electrons. The van der Waals surface area contributed by atoms with Crippen molar-refractivity contribution in [3.05, 3.63) is 54.1 Å². The van der Waals surface area contributed by atoms with Crippen LogP contribution in [0.4, 0.5) is 0 Å². The van der Waals surface area contributed by atoms with E-state index in [4.69, 9.17) is 0 Å². The number of hydrogen-bond donors (Lipinski definition) is 0. The molecular formula is C16H15N3. The molecule has 0 atom stereocenters. The quantitative estimate of drug-likeness (QED) is 0.662. The summed E-state index contributed by atoms with van der Waals surface area (Å²) < 4.78 is 1.90. The first-order chi connectivity index (χ1) is 9.42. The third kappa shape index (κ3) is 1.73. The topological polar surface area (TPSA) is 30.2 Å². The van der Waals surface area contributed by atoms with Gasteiger partial charge in [-0.3, -0.25) is 4.98 Å². The molecular weight excluding hydrogens is 234 g/mol. The van der Waals surface area contributed by atoms with Crippen molar-refractivity contribution < 1.29 is 0 Å². The number of hydrogen-bond acceptors (Lipinski definition) is 2. The maximum absolute atomic E-state index is 4.54. The summed E-state index contributed by atoms with van der Waals surface area (Å²) in [6.07, 6.45) is 10.6. The third-order valence-electron chi connectivity index (χ3n) is 3.95. The lowest BCUT2D eigenvalue weighted by molar-refractivity contribution is 0.669. The van der Waals surface area contributed by atoms with E-state index in [-0.39, 0.29) is 0 Å². The van der Waals surface area contributed by atoms with Gasteiger partial charge in [-0.15, -0.1) is 0 Å². The monoisotopic (exact) mass is 249 g/mol. The molecule has 4 rings (SSSR count). The molecule has 3 heteroatoms. The van der Waals surface area contributed by atoms with Gasteiger partial charge in [0.1, 0.15) is 0 Å². The molecule has 0 aromatic carbocycles. The van der Waals surface area contributed by atoms with E-state index >= 15 is 0 Å². The van der Waals surface area contributed by atoms with Gasteiger partial charge in [0.05, 0.1) is 5.52 Å². The molecule has 1 aliphatic rings. The van der Waals surface area contributed by atoms with E-state index in [2.05, 4.69) is 28.3 Å². The van der Waals surface area contributed by atoms with Crippen LogP contribution in [0.15, 0.2) is 42.9 Å². The van der Waals surface area contributed by atoms with E-state index in [9.17, 15) is 0 Å². The Morgan fingerprint density at radius 2 is 1.95 bits per heavy atom. The number of nitrogens with zero attached hydrogens (tertiary/aromatic N) is 3. The van der Waals surface area contributed by atoms with Crippen molar-refractivity contribution in [2.45, 2.75) is 25.7 Å². The highest BCUT2D eigenvalue weighted by Crippen LogP contribution is 2.30. The lowest BCUT2D eigenvalue weighted by Gasteiger charge is -2.18. The van der Waals surface area contributed by atoms with E-state index < -0.39 is 0 Å². The second-order valence-electron chi connectivity index (χ2n) is 5.11. The number of aromatic nitrogens is 3. The van der Waals surface area contributed by atoms with Gasteiger partial charge in [0.25, 0.3) is 0 Å². The molecule has 0 bridgehead atoms. The Morgan fingerprint density at radius 3 is 2.95 bits per heavy atom. The summed E-state index contributed by atoms with van der Waals surface area (Å²) in [6.45, 7) is 0. The number of aryl methyl sites for hydroxylation is 1.